The summed E-state index contributed by atoms with van der Waals surface area (Å²) in [5.41, 5.74) is 0.122. The summed E-state index contributed by atoms with van der Waals surface area (Å²) in [6.45, 7) is 13.8. The van der Waals surface area contributed by atoms with Crippen molar-refractivity contribution in [2.75, 3.05) is 23.8 Å². The van der Waals surface area contributed by atoms with E-state index < -0.39 is 0 Å². The molecule has 0 saturated carbocycles. The molecule has 0 radical (unpaired) electrons. The second-order valence-electron chi connectivity index (χ2n) is 5.46. The van der Waals surface area contributed by atoms with Crippen LogP contribution in [0.5, 0.6) is 6.01 Å². The number of aromatic nitrogens is 3. The molecule has 0 aliphatic carbocycles. The standard InChI is InChI=1S/C13H25N5O/c1-7-14-10-16-11(15-9(3)13(4,5)6)18-12(17-10)19-8-2/h9H,7-8H2,1-6H3,(H2,14,15,16,17,18). The third kappa shape index (κ3) is 4.89. The van der Waals surface area contributed by atoms with E-state index in [2.05, 4.69) is 53.3 Å². The minimum absolute atomic E-state index is 0.122. The van der Waals surface area contributed by atoms with Crippen LogP contribution in [0.4, 0.5) is 11.9 Å². The normalized spacial score (nSPS) is 12.9. The molecule has 1 rings (SSSR count). The summed E-state index contributed by atoms with van der Waals surface area (Å²) in [7, 11) is 0. The van der Waals surface area contributed by atoms with Crippen LogP contribution in [0.15, 0.2) is 0 Å². The molecule has 6 nitrogen and oxygen atoms in total. The molecule has 1 heterocycles. The van der Waals surface area contributed by atoms with Crippen molar-refractivity contribution in [3.63, 3.8) is 0 Å². The topological polar surface area (TPSA) is 72.0 Å². The lowest BCUT2D eigenvalue weighted by molar-refractivity contribution is 0.311. The van der Waals surface area contributed by atoms with E-state index in [0.717, 1.165) is 6.54 Å². The lowest BCUT2D eigenvalue weighted by Crippen LogP contribution is -2.31. The van der Waals surface area contributed by atoms with Gasteiger partial charge >= 0.3 is 6.01 Å². The number of nitrogens with one attached hydrogen (secondary N) is 2. The summed E-state index contributed by atoms with van der Waals surface area (Å²) in [4.78, 5) is 12.8. The van der Waals surface area contributed by atoms with Gasteiger partial charge in [0.25, 0.3) is 0 Å². The van der Waals surface area contributed by atoms with Crippen molar-refractivity contribution < 1.29 is 4.74 Å². The Morgan fingerprint density at radius 2 is 1.74 bits per heavy atom. The Labute approximate surface area is 115 Å². The van der Waals surface area contributed by atoms with Crippen LogP contribution in [0, 0.1) is 5.41 Å². The zero-order valence-electron chi connectivity index (χ0n) is 12.7. The summed E-state index contributed by atoms with van der Waals surface area (Å²) in [6.07, 6.45) is 0. The largest absolute Gasteiger partial charge is 0.464 e. The smallest absolute Gasteiger partial charge is 0.323 e. The zero-order valence-corrected chi connectivity index (χ0v) is 12.7. The van der Waals surface area contributed by atoms with Crippen LogP contribution in [0.1, 0.15) is 41.5 Å². The molecule has 19 heavy (non-hydrogen) atoms. The predicted octanol–water partition coefficient (Wildman–Crippen LogP) is 2.55. The molecule has 0 amide bonds. The number of anilines is 2. The number of hydrogen-bond donors (Lipinski definition) is 2. The number of nitrogens with zero attached hydrogens (tertiary/aromatic N) is 3. The molecule has 6 heteroatoms. The van der Waals surface area contributed by atoms with Gasteiger partial charge in [-0.05, 0) is 26.2 Å². The lowest BCUT2D eigenvalue weighted by atomic mass is 9.88. The highest BCUT2D eigenvalue weighted by Crippen LogP contribution is 2.22. The molecule has 0 aliphatic heterocycles. The highest BCUT2D eigenvalue weighted by Gasteiger charge is 2.21. The molecule has 0 bridgehead atoms. The molecular formula is C13H25N5O. The first-order valence-electron chi connectivity index (χ1n) is 6.76. The van der Waals surface area contributed by atoms with Crippen LogP contribution in [-0.4, -0.2) is 34.1 Å². The van der Waals surface area contributed by atoms with E-state index in [1.165, 1.54) is 0 Å². The molecule has 0 fully saturated rings. The molecule has 2 N–H and O–H groups in total. The van der Waals surface area contributed by atoms with Crippen molar-refractivity contribution in [2.24, 2.45) is 5.41 Å². The second kappa shape index (κ2) is 6.54. The van der Waals surface area contributed by atoms with Gasteiger partial charge in [-0.2, -0.15) is 15.0 Å². The van der Waals surface area contributed by atoms with E-state index in [-0.39, 0.29) is 11.5 Å². The molecular weight excluding hydrogens is 242 g/mol. The molecule has 1 aromatic rings. The maximum absolute atomic E-state index is 5.36. The van der Waals surface area contributed by atoms with Crippen LogP contribution in [0.2, 0.25) is 0 Å². The first-order valence-corrected chi connectivity index (χ1v) is 6.76. The van der Waals surface area contributed by atoms with Crippen LogP contribution >= 0.6 is 0 Å². The molecule has 0 saturated heterocycles. The second-order valence-corrected chi connectivity index (χ2v) is 5.46. The Bertz CT molecular complexity index is 378. The minimum atomic E-state index is 0.122. The van der Waals surface area contributed by atoms with Crippen molar-refractivity contribution >= 4 is 11.9 Å². The van der Waals surface area contributed by atoms with Crippen molar-refractivity contribution in [3.05, 3.63) is 0 Å². The monoisotopic (exact) mass is 267 g/mol. The van der Waals surface area contributed by atoms with Gasteiger partial charge in [-0.1, -0.05) is 20.8 Å². The van der Waals surface area contributed by atoms with Crippen molar-refractivity contribution in [2.45, 2.75) is 47.6 Å². The van der Waals surface area contributed by atoms with Gasteiger partial charge in [-0.3, -0.25) is 0 Å². The Balaban J connectivity index is 2.92. The third-order valence-electron chi connectivity index (χ3n) is 2.87. The number of rotatable bonds is 6. The van der Waals surface area contributed by atoms with Crippen LogP contribution < -0.4 is 15.4 Å². The Morgan fingerprint density at radius 3 is 2.26 bits per heavy atom. The van der Waals surface area contributed by atoms with E-state index in [0.29, 0.717) is 24.5 Å². The van der Waals surface area contributed by atoms with Crippen molar-refractivity contribution in [1.29, 1.82) is 0 Å². The molecule has 1 unspecified atom stereocenters. The SMILES string of the molecule is CCNc1nc(NC(C)C(C)(C)C)nc(OCC)n1. The van der Waals surface area contributed by atoms with E-state index in [1.807, 2.05) is 13.8 Å². The lowest BCUT2D eigenvalue weighted by Gasteiger charge is -2.28. The zero-order chi connectivity index (χ0) is 14.5. The summed E-state index contributed by atoms with van der Waals surface area (Å²) < 4.78 is 5.36. The quantitative estimate of drug-likeness (QED) is 0.825. The van der Waals surface area contributed by atoms with Crippen LogP contribution in [-0.2, 0) is 0 Å². The summed E-state index contributed by atoms with van der Waals surface area (Å²) in [5.74, 6) is 1.07. The van der Waals surface area contributed by atoms with Gasteiger partial charge < -0.3 is 15.4 Å². The number of ether oxygens (including phenoxy) is 1. The molecule has 0 spiro atoms. The molecule has 108 valence electrons. The minimum Gasteiger partial charge on any atom is -0.464 e. The van der Waals surface area contributed by atoms with Crippen molar-refractivity contribution in [3.8, 4) is 6.01 Å². The van der Waals surface area contributed by atoms with Gasteiger partial charge in [-0.15, -0.1) is 0 Å². The van der Waals surface area contributed by atoms with Gasteiger partial charge in [0, 0.05) is 12.6 Å². The Hall–Kier alpha value is -1.59. The van der Waals surface area contributed by atoms with Crippen LogP contribution in [0.3, 0.4) is 0 Å². The fourth-order valence-electron chi connectivity index (χ4n) is 1.26. The van der Waals surface area contributed by atoms with E-state index in [9.17, 15) is 0 Å². The van der Waals surface area contributed by atoms with Gasteiger partial charge in [0.05, 0.1) is 6.61 Å². The number of hydrogen-bond acceptors (Lipinski definition) is 6. The first kappa shape index (κ1) is 15.5. The van der Waals surface area contributed by atoms with Gasteiger partial charge in [0.1, 0.15) is 0 Å². The Kier molecular flexibility index (Phi) is 5.32. The van der Waals surface area contributed by atoms with E-state index >= 15 is 0 Å². The maximum Gasteiger partial charge on any atom is 0.323 e. The van der Waals surface area contributed by atoms with Crippen molar-refractivity contribution in [1.82, 2.24) is 15.0 Å². The fourth-order valence-corrected chi connectivity index (χ4v) is 1.26. The summed E-state index contributed by atoms with van der Waals surface area (Å²) in [6, 6.07) is 0.580. The average molecular weight is 267 g/mol. The predicted molar refractivity (Wildman–Crippen MR) is 77.7 cm³/mol. The Morgan fingerprint density at radius 1 is 1.11 bits per heavy atom. The van der Waals surface area contributed by atoms with Gasteiger partial charge in [-0.25, -0.2) is 0 Å². The maximum atomic E-state index is 5.36. The van der Waals surface area contributed by atoms with E-state index in [4.69, 9.17) is 4.74 Å². The highest BCUT2D eigenvalue weighted by atomic mass is 16.5. The van der Waals surface area contributed by atoms with Crippen LogP contribution in [0.25, 0.3) is 0 Å². The van der Waals surface area contributed by atoms with Gasteiger partial charge in [0.15, 0.2) is 0 Å². The third-order valence-corrected chi connectivity index (χ3v) is 2.87. The summed E-state index contributed by atoms with van der Waals surface area (Å²) in [5, 5.41) is 6.37. The summed E-state index contributed by atoms with van der Waals surface area (Å²) >= 11 is 0. The molecule has 1 atom stereocenters. The first-order chi connectivity index (χ1) is 8.86. The average Bonchev–Trinajstić information content (AvgIpc) is 2.28. The fraction of sp³-hybridized carbons (Fsp3) is 0.769. The van der Waals surface area contributed by atoms with E-state index in [1.54, 1.807) is 0 Å². The molecule has 0 aliphatic rings. The van der Waals surface area contributed by atoms with Gasteiger partial charge in [0.2, 0.25) is 11.9 Å². The molecule has 1 aromatic heterocycles. The molecule has 0 aromatic carbocycles. The highest BCUT2D eigenvalue weighted by molar-refractivity contribution is 5.36.